The molecule has 0 saturated carbocycles. The highest BCUT2D eigenvalue weighted by Gasteiger charge is 2.34. The molecule has 0 amide bonds. The smallest absolute Gasteiger partial charge is 0.122 e. The van der Waals surface area contributed by atoms with Crippen molar-refractivity contribution in [3.63, 3.8) is 0 Å². The number of hydrogen-bond donors (Lipinski definition) is 1. The number of hydrogen-bond acceptors (Lipinski definition) is 3. The molecule has 112 valence electrons. The quantitative estimate of drug-likeness (QED) is 0.917. The van der Waals surface area contributed by atoms with E-state index >= 15 is 0 Å². The van der Waals surface area contributed by atoms with Crippen LogP contribution < -0.4 is 4.74 Å². The molecule has 1 aromatic rings. The van der Waals surface area contributed by atoms with E-state index in [0.29, 0.717) is 5.92 Å². The average Bonchev–Trinajstić information content (AvgIpc) is 2.38. The molecule has 3 atom stereocenters. The fourth-order valence-corrected chi connectivity index (χ4v) is 3.16. The number of methoxy groups -OCH3 is 1. The molecular weight excluding hydrogens is 252 g/mol. The maximum Gasteiger partial charge on any atom is 0.122 e. The first kappa shape index (κ1) is 15.3. The fourth-order valence-electron chi connectivity index (χ4n) is 3.16. The number of para-hydroxylation sites is 1. The van der Waals surface area contributed by atoms with E-state index < -0.39 is 6.10 Å². The summed E-state index contributed by atoms with van der Waals surface area (Å²) in [4.78, 5) is 0. The summed E-state index contributed by atoms with van der Waals surface area (Å²) in [5.74, 6) is 1.30. The summed E-state index contributed by atoms with van der Waals surface area (Å²) < 4.78 is 11.2. The molecule has 0 bridgehead atoms. The zero-order chi connectivity index (χ0) is 14.8. The average molecular weight is 278 g/mol. The van der Waals surface area contributed by atoms with E-state index in [4.69, 9.17) is 9.47 Å². The topological polar surface area (TPSA) is 38.7 Å². The second-order valence-corrected chi connectivity index (χ2v) is 6.70. The minimum atomic E-state index is -0.462. The summed E-state index contributed by atoms with van der Waals surface area (Å²) in [7, 11) is 1.68. The molecule has 0 saturated heterocycles. The predicted octanol–water partition coefficient (Wildman–Crippen LogP) is 3.36. The van der Waals surface area contributed by atoms with Crippen molar-refractivity contribution < 1.29 is 14.6 Å². The Morgan fingerprint density at radius 3 is 2.70 bits per heavy atom. The van der Waals surface area contributed by atoms with Crippen LogP contribution in [-0.2, 0) is 4.74 Å². The van der Waals surface area contributed by atoms with E-state index in [2.05, 4.69) is 26.8 Å². The summed E-state index contributed by atoms with van der Waals surface area (Å²) in [5, 5.41) is 10.6. The zero-order valence-electron chi connectivity index (χ0n) is 12.9. The highest BCUT2D eigenvalue weighted by molar-refractivity contribution is 5.37. The highest BCUT2D eigenvalue weighted by atomic mass is 16.5. The Hall–Kier alpha value is -1.06. The van der Waals surface area contributed by atoms with Gasteiger partial charge < -0.3 is 14.6 Å². The lowest BCUT2D eigenvalue weighted by Crippen LogP contribution is -2.40. The van der Waals surface area contributed by atoms with Crippen LogP contribution in [0.1, 0.15) is 45.1 Å². The largest absolute Gasteiger partial charge is 0.493 e. The first-order chi connectivity index (χ1) is 9.43. The summed E-state index contributed by atoms with van der Waals surface area (Å²) in [6.07, 6.45) is 1.05. The first-order valence-electron chi connectivity index (χ1n) is 7.36. The van der Waals surface area contributed by atoms with Gasteiger partial charge in [0, 0.05) is 7.11 Å². The van der Waals surface area contributed by atoms with E-state index in [9.17, 15) is 5.11 Å². The van der Waals surface area contributed by atoms with Crippen molar-refractivity contribution in [3.8, 4) is 5.75 Å². The lowest BCUT2D eigenvalue weighted by Gasteiger charge is -2.36. The molecule has 0 spiro atoms. The minimum absolute atomic E-state index is 0.0706. The summed E-state index contributed by atoms with van der Waals surface area (Å²) in [5.41, 5.74) is 1.14. The molecule has 3 unspecified atom stereocenters. The maximum absolute atomic E-state index is 10.6. The summed E-state index contributed by atoms with van der Waals surface area (Å²) >= 11 is 0. The van der Waals surface area contributed by atoms with Crippen LogP contribution in [0.2, 0.25) is 0 Å². The lowest BCUT2D eigenvalue weighted by atomic mass is 9.80. The van der Waals surface area contributed by atoms with Crippen LogP contribution in [0.5, 0.6) is 5.75 Å². The van der Waals surface area contributed by atoms with Crippen molar-refractivity contribution in [3.05, 3.63) is 29.8 Å². The van der Waals surface area contributed by atoms with E-state index in [0.717, 1.165) is 25.2 Å². The van der Waals surface area contributed by atoms with Crippen LogP contribution in [0.4, 0.5) is 0 Å². The number of aliphatic hydroxyl groups excluding tert-OH is 1. The molecule has 1 aliphatic rings. The number of rotatable bonds is 4. The molecule has 3 nitrogen and oxygen atoms in total. The first-order valence-corrected chi connectivity index (χ1v) is 7.36. The molecule has 1 N–H and O–H groups in total. The Kier molecular flexibility index (Phi) is 4.71. The van der Waals surface area contributed by atoms with Gasteiger partial charge in [-0.05, 0) is 35.8 Å². The summed E-state index contributed by atoms with van der Waals surface area (Å²) in [6, 6.07) is 8.13. The lowest BCUT2D eigenvalue weighted by molar-refractivity contribution is -0.0761. The zero-order valence-corrected chi connectivity index (χ0v) is 12.9. The molecule has 0 aromatic heterocycles. The predicted molar refractivity (Wildman–Crippen MR) is 80.2 cm³/mol. The Morgan fingerprint density at radius 1 is 1.35 bits per heavy atom. The number of fused-ring (bicyclic) bond motifs is 1. The van der Waals surface area contributed by atoms with Crippen molar-refractivity contribution in [1.82, 2.24) is 0 Å². The van der Waals surface area contributed by atoms with Crippen LogP contribution in [-0.4, -0.2) is 31.0 Å². The molecular formula is C17H26O3. The van der Waals surface area contributed by atoms with Crippen molar-refractivity contribution >= 4 is 0 Å². The van der Waals surface area contributed by atoms with Gasteiger partial charge in [0.2, 0.25) is 0 Å². The maximum atomic E-state index is 10.6. The van der Waals surface area contributed by atoms with Crippen molar-refractivity contribution in [1.29, 1.82) is 0 Å². The van der Waals surface area contributed by atoms with E-state index in [1.165, 1.54) is 5.56 Å². The van der Waals surface area contributed by atoms with Crippen LogP contribution >= 0.6 is 0 Å². The van der Waals surface area contributed by atoms with Gasteiger partial charge in [0.1, 0.15) is 5.75 Å². The molecule has 1 aromatic carbocycles. The molecule has 3 heteroatoms. The van der Waals surface area contributed by atoms with Crippen molar-refractivity contribution in [2.45, 2.75) is 51.7 Å². The Bertz CT molecular complexity index is 436. The van der Waals surface area contributed by atoms with Crippen molar-refractivity contribution in [2.75, 3.05) is 13.7 Å². The molecule has 2 rings (SSSR count). The number of aliphatic hydroxyl groups is 1. The normalized spacial score (nSPS) is 21.8. The number of benzene rings is 1. The Balaban J connectivity index is 2.11. The van der Waals surface area contributed by atoms with Gasteiger partial charge >= 0.3 is 0 Å². The summed E-state index contributed by atoms with van der Waals surface area (Å²) in [6.45, 7) is 7.02. The van der Waals surface area contributed by atoms with Gasteiger partial charge in [-0.1, -0.05) is 39.0 Å². The van der Waals surface area contributed by atoms with Crippen LogP contribution in [0.15, 0.2) is 24.3 Å². The van der Waals surface area contributed by atoms with Gasteiger partial charge in [0.15, 0.2) is 0 Å². The van der Waals surface area contributed by atoms with Gasteiger partial charge in [-0.3, -0.25) is 0 Å². The SMILES string of the molecule is COC(C(O)CC1CCOc2ccccc21)C(C)(C)C. The molecule has 0 fully saturated rings. The van der Waals surface area contributed by atoms with Gasteiger partial charge in [-0.15, -0.1) is 0 Å². The number of ether oxygens (including phenoxy) is 2. The monoisotopic (exact) mass is 278 g/mol. The molecule has 1 aliphatic heterocycles. The van der Waals surface area contributed by atoms with Gasteiger partial charge in [0.25, 0.3) is 0 Å². The second-order valence-electron chi connectivity index (χ2n) is 6.70. The highest BCUT2D eigenvalue weighted by Crippen LogP contribution is 2.38. The van der Waals surface area contributed by atoms with Crippen LogP contribution in [0, 0.1) is 5.41 Å². The van der Waals surface area contributed by atoms with Crippen LogP contribution in [0.3, 0.4) is 0 Å². The minimum Gasteiger partial charge on any atom is -0.493 e. The molecule has 0 radical (unpaired) electrons. The Labute approximate surface area is 121 Å². The Morgan fingerprint density at radius 2 is 2.05 bits per heavy atom. The fraction of sp³-hybridized carbons (Fsp3) is 0.647. The van der Waals surface area contributed by atoms with E-state index in [-0.39, 0.29) is 11.5 Å². The van der Waals surface area contributed by atoms with Gasteiger partial charge in [-0.2, -0.15) is 0 Å². The van der Waals surface area contributed by atoms with E-state index in [1.807, 2.05) is 18.2 Å². The standard InChI is InChI=1S/C17H26O3/c1-17(2,3)16(19-4)14(18)11-12-9-10-20-15-8-6-5-7-13(12)15/h5-8,12,14,16,18H,9-11H2,1-4H3. The third-order valence-corrected chi connectivity index (χ3v) is 4.07. The van der Waals surface area contributed by atoms with Crippen LogP contribution in [0.25, 0.3) is 0 Å². The third kappa shape index (κ3) is 3.33. The second kappa shape index (κ2) is 6.15. The van der Waals surface area contributed by atoms with E-state index in [1.54, 1.807) is 7.11 Å². The molecule has 0 aliphatic carbocycles. The molecule has 1 heterocycles. The van der Waals surface area contributed by atoms with Gasteiger partial charge in [0.05, 0.1) is 18.8 Å². The molecule has 20 heavy (non-hydrogen) atoms. The van der Waals surface area contributed by atoms with Crippen molar-refractivity contribution in [2.24, 2.45) is 5.41 Å². The van der Waals surface area contributed by atoms with Gasteiger partial charge in [-0.25, -0.2) is 0 Å². The third-order valence-electron chi connectivity index (χ3n) is 4.07.